The molecule has 5 rings (SSSR count). The number of carbonyl (C=O) groups is 2. The van der Waals surface area contributed by atoms with E-state index in [0.29, 0.717) is 36.8 Å². The Morgan fingerprint density at radius 2 is 1.57 bits per heavy atom. The Morgan fingerprint density at radius 3 is 2.21 bits per heavy atom. The Balaban J connectivity index is 1.42. The van der Waals surface area contributed by atoms with Crippen LogP contribution in [-0.2, 0) is 33.2 Å². The average Bonchev–Trinajstić information content (AvgIpc) is 3.36. The summed E-state index contributed by atoms with van der Waals surface area (Å²) in [5, 5.41) is 0. The third-order valence-electron chi connectivity index (χ3n) is 7.18. The van der Waals surface area contributed by atoms with E-state index in [1.165, 1.54) is 36.1 Å². The molecule has 0 spiro atoms. The number of cyclic esters (lactones) is 1. The monoisotopic (exact) mass is 587 g/mol. The fraction of sp³-hybridized carbons (Fsp3) is 0.235. The van der Waals surface area contributed by atoms with Crippen LogP contribution in [0.4, 0.5) is 14.9 Å². The second-order valence-corrected chi connectivity index (χ2v) is 10.4. The Labute approximate surface area is 249 Å². The molecule has 1 aliphatic heterocycles. The standard InChI is InChI=1S/C34H31ClFNO5/c1-23(38)41-31(20-11-24-5-3-2-4-6-24)33-32(37(34(39)42-33)29-16-14-28(36)15-17-29)27-12-18-30(19-13-27)40-22-26-9-7-25(21-35)8-10-26/h2-10,12-19,31-33H,11,20-22H2,1H3/t31-,32-,33+/m1/s1. The van der Waals surface area contributed by atoms with Crippen molar-refractivity contribution in [2.45, 2.75) is 50.5 Å². The number of nitrogens with zero attached hydrogens (tertiary/aromatic N) is 1. The molecular formula is C34H31ClFNO5. The zero-order valence-corrected chi connectivity index (χ0v) is 23.9. The maximum Gasteiger partial charge on any atom is 0.415 e. The van der Waals surface area contributed by atoms with E-state index < -0.39 is 36.1 Å². The fourth-order valence-corrected chi connectivity index (χ4v) is 5.27. The predicted molar refractivity (Wildman–Crippen MR) is 159 cm³/mol. The van der Waals surface area contributed by atoms with Gasteiger partial charge in [0.25, 0.3) is 0 Å². The summed E-state index contributed by atoms with van der Waals surface area (Å²) in [7, 11) is 0. The van der Waals surface area contributed by atoms with Crippen LogP contribution in [0.2, 0.25) is 0 Å². The van der Waals surface area contributed by atoms with Gasteiger partial charge in [-0.25, -0.2) is 9.18 Å². The summed E-state index contributed by atoms with van der Waals surface area (Å²) in [4.78, 5) is 27.0. The van der Waals surface area contributed by atoms with Gasteiger partial charge in [0, 0.05) is 18.5 Å². The first-order valence-corrected chi connectivity index (χ1v) is 14.3. The summed E-state index contributed by atoms with van der Waals surface area (Å²) in [6, 6.07) is 30.1. The molecule has 4 aromatic rings. The Kier molecular flexibility index (Phi) is 9.39. The summed E-state index contributed by atoms with van der Waals surface area (Å²) in [5.74, 6) is 0.219. The maximum atomic E-state index is 13.8. The van der Waals surface area contributed by atoms with Crippen molar-refractivity contribution in [2.75, 3.05) is 4.90 Å². The van der Waals surface area contributed by atoms with Gasteiger partial charge in [0.2, 0.25) is 0 Å². The van der Waals surface area contributed by atoms with Gasteiger partial charge in [0.15, 0.2) is 6.10 Å². The zero-order valence-electron chi connectivity index (χ0n) is 23.1. The number of rotatable bonds is 11. The number of halogens is 2. The van der Waals surface area contributed by atoms with Crippen molar-refractivity contribution < 1.29 is 28.2 Å². The van der Waals surface area contributed by atoms with E-state index in [4.69, 9.17) is 25.8 Å². The van der Waals surface area contributed by atoms with E-state index in [9.17, 15) is 14.0 Å². The number of anilines is 1. The van der Waals surface area contributed by atoms with E-state index in [2.05, 4.69) is 0 Å². The van der Waals surface area contributed by atoms with E-state index in [0.717, 1.165) is 22.3 Å². The van der Waals surface area contributed by atoms with E-state index >= 15 is 0 Å². The highest BCUT2D eigenvalue weighted by molar-refractivity contribution is 6.17. The van der Waals surface area contributed by atoms with Crippen LogP contribution in [0, 0.1) is 5.82 Å². The van der Waals surface area contributed by atoms with Crippen LogP contribution in [-0.4, -0.2) is 24.3 Å². The number of benzene rings is 4. The van der Waals surface area contributed by atoms with Crippen LogP contribution in [0.5, 0.6) is 5.75 Å². The highest BCUT2D eigenvalue weighted by Crippen LogP contribution is 2.41. The molecule has 1 amide bonds. The van der Waals surface area contributed by atoms with E-state index in [1.807, 2.05) is 78.9 Å². The number of carbonyl (C=O) groups excluding carboxylic acids is 2. The first-order chi connectivity index (χ1) is 20.4. The van der Waals surface area contributed by atoms with Gasteiger partial charge in [-0.2, -0.15) is 0 Å². The number of aryl methyl sites for hydroxylation is 1. The molecule has 216 valence electrons. The predicted octanol–water partition coefficient (Wildman–Crippen LogP) is 7.77. The molecule has 0 aromatic heterocycles. The minimum absolute atomic E-state index is 0.380. The molecule has 1 heterocycles. The van der Waals surface area contributed by atoms with Crippen molar-refractivity contribution in [3.05, 3.63) is 131 Å². The average molecular weight is 588 g/mol. The van der Waals surface area contributed by atoms with E-state index in [-0.39, 0.29) is 0 Å². The summed E-state index contributed by atoms with van der Waals surface area (Å²) in [5.41, 5.74) is 4.34. The van der Waals surface area contributed by atoms with Crippen molar-refractivity contribution in [1.29, 1.82) is 0 Å². The van der Waals surface area contributed by atoms with Crippen molar-refractivity contribution in [3.63, 3.8) is 0 Å². The molecule has 1 saturated heterocycles. The molecule has 0 unspecified atom stereocenters. The normalized spacial score (nSPS) is 17.0. The SMILES string of the molecule is CC(=O)O[C@H](CCc1ccccc1)[C@@H]1OC(=O)N(c2ccc(F)cc2)[C@@H]1c1ccc(OCc2ccc(CCl)cc2)cc1. The number of amides is 1. The van der Waals surface area contributed by atoms with Crippen molar-refractivity contribution in [1.82, 2.24) is 0 Å². The first kappa shape index (κ1) is 29.1. The lowest BCUT2D eigenvalue weighted by atomic mass is 9.93. The van der Waals surface area contributed by atoms with Crippen LogP contribution in [0.3, 0.4) is 0 Å². The smallest absolute Gasteiger partial charge is 0.415 e. The number of esters is 1. The van der Waals surface area contributed by atoms with Crippen molar-refractivity contribution in [3.8, 4) is 5.75 Å². The summed E-state index contributed by atoms with van der Waals surface area (Å²) >= 11 is 5.88. The Hall–Kier alpha value is -4.36. The second kappa shape index (κ2) is 13.5. The molecule has 0 radical (unpaired) electrons. The zero-order chi connectivity index (χ0) is 29.5. The summed E-state index contributed by atoms with van der Waals surface area (Å²) < 4.78 is 31.4. The molecular weight excluding hydrogens is 557 g/mol. The van der Waals surface area contributed by atoms with Gasteiger partial charge in [-0.1, -0.05) is 66.7 Å². The van der Waals surface area contributed by atoms with Crippen molar-refractivity contribution in [2.24, 2.45) is 0 Å². The number of hydrogen-bond acceptors (Lipinski definition) is 5. The molecule has 0 aliphatic carbocycles. The first-order valence-electron chi connectivity index (χ1n) is 13.7. The van der Waals surface area contributed by atoms with Gasteiger partial charge >= 0.3 is 12.1 Å². The molecule has 1 fully saturated rings. The molecule has 8 heteroatoms. The third kappa shape index (κ3) is 7.09. The van der Waals surface area contributed by atoms with Crippen LogP contribution >= 0.6 is 11.6 Å². The van der Waals surface area contributed by atoms with Gasteiger partial charge in [-0.05, 0) is 71.5 Å². The minimum atomic E-state index is -0.803. The second-order valence-electron chi connectivity index (χ2n) is 10.1. The Bertz CT molecular complexity index is 1480. The molecule has 4 aromatic carbocycles. The largest absolute Gasteiger partial charge is 0.489 e. The quantitative estimate of drug-likeness (QED) is 0.132. The maximum absolute atomic E-state index is 13.8. The minimum Gasteiger partial charge on any atom is -0.489 e. The molecule has 6 nitrogen and oxygen atoms in total. The third-order valence-corrected chi connectivity index (χ3v) is 7.48. The molecule has 42 heavy (non-hydrogen) atoms. The van der Waals surface area contributed by atoms with Crippen LogP contribution in [0.25, 0.3) is 0 Å². The Morgan fingerprint density at radius 1 is 0.905 bits per heavy atom. The van der Waals surface area contributed by atoms with Crippen LogP contribution in [0.15, 0.2) is 103 Å². The highest BCUT2D eigenvalue weighted by Gasteiger charge is 2.48. The fourth-order valence-electron chi connectivity index (χ4n) is 5.09. The molecule has 0 saturated carbocycles. The summed E-state index contributed by atoms with van der Waals surface area (Å²) in [6.45, 7) is 1.72. The molecule has 0 bridgehead atoms. The molecule has 3 atom stereocenters. The highest BCUT2D eigenvalue weighted by atomic mass is 35.5. The van der Waals surface area contributed by atoms with Gasteiger partial charge in [-0.3, -0.25) is 9.69 Å². The topological polar surface area (TPSA) is 65.1 Å². The lowest BCUT2D eigenvalue weighted by molar-refractivity contribution is -0.152. The van der Waals surface area contributed by atoms with Gasteiger partial charge in [0.05, 0.1) is 0 Å². The van der Waals surface area contributed by atoms with Crippen LogP contribution in [0.1, 0.15) is 41.6 Å². The lowest BCUT2D eigenvalue weighted by Gasteiger charge is -2.29. The summed E-state index contributed by atoms with van der Waals surface area (Å²) in [6.07, 6.45) is -1.06. The number of hydrogen-bond donors (Lipinski definition) is 0. The molecule has 0 N–H and O–H groups in total. The van der Waals surface area contributed by atoms with Gasteiger partial charge < -0.3 is 14.2 Å². The van der Waals surface area contributed by atoms with Crippen molar-refractivity contribution >= 4 is 29.4 Å². The number of ether oxygens (including phenoxy) is 3. The van der Waals surface area contributed by atoms with E-state index in [1.54, 1.807) is 0 Å². The van der Waals surface area contributed by atoms with Crippen LogP contribution < -0.4 is 9.64 Å². The number of alkyl halides is 1. The molecule has 1 aliphatic rings. The lowest BCUT2D eigenvalue weighted by Crippen LogP contribution is -2.38. The van der Waals surface area contributed by atoms with Gasteiger partial charge in [-0.15, -0.1) is 11.6 Å². The van der Waals surface area contributed by atoms with Gasteiger partial charge in [0.1, 0.15) is 30.3 Å².